The van der Waals surface area contributed by atoms with E-state index in [1.54, 1.807) is 0 Å². The molecule has 0 spiro atoms. The average molecular weight is 348 g/mol. The molecule has 2 fully saturated rings. The van der Waals surface area contributed by atoms with Crippen molar-refractivity contribution in [3.63, 3.8) is 0 Å². The van der Waals surface area contributed by atoms with Crippen molar-refractivity contribution in [3.05, 3.63) is 71.8 Å². The molecule has 0 aliphatic heterocycles. The summed E-state index contributed by atoms with van der Waals surface area (Å²) < 4.78 is 0. The Bertz CT molecular complexity index is 696. The van der Waals surface area contributed by atoms with Crippen molar-refractivity contribution < 1.29 is 9.59 Å². The predicted octanol–water partition coefficient (Wildman–Crippen LogP) is 5.83. The number of benzene rings is 2. The molecule has 4 rings (SSSR count). The normalized spacial score (nSPS) is 21.0. The van der Waals surface area contributed by atoms with Crippen molar-refractivity contribution in [2.75, 3.05) is 0 Å². The number of hydrogen-bond acceptors (Lipinski definition) is 2. The summed E-state index contributed by atoms with van der Waals surface area (Å²) in [5, 5.41) is 0. The van der Waals surface area contributed by atoms with Crippen molar-refractivity contribution in [3.8, 4) is 0 Å². The van der Waals surface area contributed by atoms with Crippen LogP contribution in [-0.2, 0) is 9.59 Å². The molecule has 0 amide bonds. The molecule has 0 radical (unpaired) electrons. The summed E-state index contributed by atoms with van der Waals surface area (Å²) in [6.07, 6.45) is 7.44. The van der Waals surface area contributed by atoms with Gasteiger partial charge in [0.2, 0.25) is 0 Å². The summed E-state index contributed by atoms with van der Waals surface area (Å²) in [7, 11) is 0. The summed E-state index contributed by atoms with van der Waals surface area (Å²) in [6.45, 7) is 0. The number of hydrogen-bond donors (Lipinski definition) is 0. The maximum absolute atomic E-state index is 11.2. The Balaban J connectivity index is 0.000000151. The Morgan fingerprint density at radius 2 is 1.12 bits per heavy atom. The van der Waals surface area contributed by atoms with Crippen molar-refractivity contribution in [1.82, 2.24) is 0 Å². The lowest BCUT2D eigenvalue weighted by atomic mass is 9.83. The highest BCUT2D eigenvalue weighted by Crippen LogP contribution is 2.31. The third kappa shape index (κ3) is 5.39. The number of carbonyl (C=O) groups is 2. The van der Waals surface area contributed by atoms with Crippen molar-refractivity contribution in [2.24, 2.45) is 0 Å². The van der Waals surface area contributed by atoms with Crippen LogP contribution in [0.4, 0.5) is 0 Å². The van der Waals surface area contributed by atoms with Gasteiger partial charge in [0.15, 0.2) is 0 Å². The fourth-order valence-electron chi connectivity index (χ4n) is 4.03. The third-order valence-corrected chi connectivity index (χ3v) is 5.57. The second kappa shape index (κ2) is 9.47. The highest BCUT2D eigenvalue weighted by Gasteiger charge is 2.20. The molecule has 0 saturated heterocycles. The monoisotopic (exact) mass is 348 g/mol. The van der Waals surface area contributed by atoms with Gasteiger partial charge in [0.1, 0.15) is 11.6 Å². The first-order chi connectivity index (χ1) is 12.7. The molecule has 2 nitrogen and oxygen atoms in total. The fraction of sp³-hybridized carbons (Fsp3) is 0.417. The third-order valence-electron chi connectivity index (χ3n) is 5.57. The van der Waals surface area contributed by atoms with Gasteiger partial charge in [-0.1, -0.05) is 60.7 Å². The number of carbonyl (C=O) groups excluding carboxylic acids is 2. The van der Waals surface area contributed by atoms with Gasteiger partial charge >= 0.3 is 0 Å². The molecule has 2 heteroatoms. The summed E-state index contributed by atoms with van der Waals surface area (Å²) in [5.41, 5.74) is 2.73. The van der Waals surface area contributed by atoms with Gasteiger partial charge in [-0.3, -0.25) is 9.59 Å². The second-order valence-electron chi connectivity index (χ2n) is 7.47. The van der Waals surface area contributed by atoms with Crippen molar-refractivity contribution in [1.29, 1.82) is 0 Å². The molecule has 0 N–H and O–H groups in total. The molecular weight excluding hydrogens is 320 g/mol. The summed E-state index contributed by atoms with van der Waals surface area (Å²) in [5.74, 6) is 1.98. The molecule has 0 heterocycles. The SMILES string of the molecule is O=C1CCC(c2ccccc2)CC1.O=C1CCCC(c2ccccc2)C1. The Kier molecular flexibility index (Phi) is 6.76. The Morgan fingerprint density at radius 1 is 0.577 bits per heavy atom. The van der Waals surface area contributed by atoms with Crippen LogP contribution in [0.15, 0.2) is 60.7 Å². The van der Waals surface area contributed by atoms with Crippen LogP contribution >= 0.6 is 0 Å². The molecular formula is C24H28O2. The maximum Gasteiger partial charge on any atom is 0.133 e. The van der Waals surface area contributed by atoms with Crippen LogP contribution in [0.3, 0.4) is 0 Å². The van der Waals surface area contributed by atoms with E-state index in [4.69, 9.17) is 0 Å². The number of ketones is 2. The molecule has 2 aromatic rings. The lowest BCUT2D eigenvalue weighted by Gasteiger charge is -2.20. The van der Waals surface area contributed by atoms with Crippen LogP contribution in [0.2, 0.25) is 0 Å². The van der Waals surface area contributed by atoms with Gasteiger partial charge in [0.05, 0.1) is 0 Å². The zero-order valence-electron chi connectivity index (χ0n) is 15.4. The van der Waals surface area contributed by atoms with E-state index in [9.17, 15) is 9.59 Å². The van der Waals surface area contributed by atoms with Gasteiger partial charge in [0, 0.05) is 25.7 Å². The van der Waals surface area contributed by atoms with Crippen LogP contribution in [0.1, 0.15) is 74.3 Å². The smallest absolute Gasteiger partial charge is 0.133 e. The summed E-state index contributed by atoms with van der Waals surface area (Å²) in [4.78, 5) is 22.3. The van der Waals surface area contributed by atoms with Crippen LogP contribution in [0.5, 0.6) is 0 Å². The second-order valence-corrected chi connectivity index (χ2v) is 7.47. The van der Waals surface area contributed by atoms with Crippen LogP contribution in [-0.4, -0.2) is 11.6 Å². The lowest BCUT2D eigenvalue weighted by molar-refractivity contribution is -0.121. The fourth-order valence-corrected chi connectivity index (χ4v) is 4.03. The molecule has 0 bridgehead atoms. The quantitative estimate of drug-likeness (QED) is 0.684. The topological polar surface area (TPSA) is 34.1 Å². The summed E-state index contributed by atoms with van der Waals surface area (Å²) in [6, 6.07) is 20.9. The van der Waals surface area contributed by atoms with Gasteiger partial charge in [-0.2, -0.15) is 0 Å². The van der Waals surface area contributed by atoms with E-state index in [1.165, 1.54) is 17.5 Å². The van der Waals surface area contributed by atoms with Crippen LogP contribution in [0.25, 0.3) is 0 Å². The zero-order valence-corrected chi connectivity index (χ0v) is 15.4. The molecule has 26 heavy (non-hydrogen) atoms. The lowest BCUT2D eigenvalue weighted by Crippen LogP contribution is -2.13. The summed E-state index contributed by atoms with van der Waals surface area (Å²) >= 11 is 0. The van der Waals surface area contributed by atoms with E-state index in [-0.39, 0.29) is 0 Å². The first-order valence-electron chi connectivity index (χ1n) is 9.85. The number of rotatable bonds is 2. The minimum absolute atomic E-state index is 0.431. The van der Waals surface area contributed by atoms with E-state index in [0.717, 1.165) is 44.9 Å². The minimum atomic E-state index is 0.431. The highest BCUT2D eigenvalue weighted by atomic mass is 16.1. The van der Waals surface area contributed by atoms with Gasteiger partial charge in [0.25, 0.3) is 0 Å². The molecule has 0 aromatic heterocycles. The maximum atomic E-state index is 11.2. The molecule has 136 valence electrons. The van der Waals surface area contributed by atoms with Crippen molar-refractivity contribution >= 4 is 11.6 Å². The first kappa shape index (κ1) is 18.6. The Labute approximate surface area is 156 Å². The highest BCUT2D eigenvalue weighted by molar-refractivity contribution is 5.80. The molecule has 2 aliphatic rings. The molecule has 2 saturated carbocycles. The van der Waals surface area contributed by atoms with E-state index in [1.807, 2.05) is 12.1 Å². The minimum Gasteiger partial charge on any atom is -0.300 e. The average Bonchev–Trinajstić information content (AvgIpc) is 2.70. The van der Waals surface area contributed by atoms with Crippen LogP contribution < -0.4 is 0 Å². The first-order valence-corrected chi connectivity index (χ1v) is 9.85. The molecule has 2 aliphatic carbocycles. The molecule has 1 unspecified atom stereocenters. The number of Topliss-reactive ketones (excluding diaryl/α,β-unsaturated/α-hetero) is 2. The Morgan fingerprint density at radius 3 is 1.65 bits per heavy atom. The van der Waals surface area contributed by atoms with E-state index >= 15 is 0 Å². The molecule has 1 atom stereocenters. The van der Waals surface area contributed by atoms with Gasteiger partial charge < -0.3 is 0 Å². The van der Waals surface area contributed by atoms with Gasteiger partial charge in [-0.25, -0.2) is 0 Å². The van der Waals surface area contributed by atoms with Gasteiger partial charge in [-0.15, -0.1) is 0 Å². The standard InChI is InChI=1S/2C12H14O/c13-12-8-4-7-11(9-12)10-5-2-1-3-6-10;13-12-8-6-11(7-9-12)10-4-2-1-3-5-10/h1-3,5-6,11H,4,7-9H2;1-5,11H,6-9H2. The Hall–Kier alpha value is -2.22. The van der Waals surface area contributed by atoms with Crippen molar-refractivity contribution in [2.45, 2.75) is 63.2 Å². The van der Waals surface area contributed by atoms with Gasteiger partial charge in [-0.05, 0) is 48.6 Å². The van der Waals surface area contributed by atoms with E-state index in [2.05, 4.69) is 48.5 Å². The largest absolute Gasteiger partial charge is 0.300 e. The zero-order chi connectivity index (χ0) is 18.2. The molecule has 2 aromatic carbocycles. The van der Waals surface area contributed by atoms with E-state index in [0.29, 0.717) is 23.4 Å². The van der Waals surface area contributed by atoms with Crippen LogP contribution in [0, 0.1) is 0 Å². The predicted molar refractivity (Wildman–Crippen MR) is 105 cm³/mol. The van der Waals surface area contributed by atoms with E-state index < -0.39 is 0 Å².